The molecule has 0 bridgehead atoms. The van der Waals surface area contributed by atoms with Gasteiger partial charge in [-0.05, 0) is 58.3 Å². The van der Waals surface area contributed by atoms with Gasteiger partial charge >= 0.3 is 7.82 Å². The number of unbranched alkanes of at least 4 members (excludes halogenated alkanes) is 24. The predicted octanol–water partition coefficient (Wildman–Crippen LogP) is 12.4. The van der Waals surface area contributed by atoms with Crippen LogP contribution in [0.2, 0.25) is 0 Å². The molecule has 4 unspecified atom stereocenters. The van der Waals surface area contributed by atoms with Crippen LogP contribution in [0.5, 0.6) is 0 Å². The Hall–Kier alpha value is -1.32. The number of aliphatic hydroxyl groups excluding tert-OH is 2. The maximum Gasteiger partial charge on any atom is 0.472 e. The minimum absolute atomic E-state index is 0.0132. The van der Waals surface area contributed by atoms with Crippen LogP contribution in [0, 0.1) is 0 Å². The Morgan fingerprint density at radius 2 is 1.03 bits per heavy atom. The van der Waals surface area contributed by atoms with E-state index < -0.39 is 32.7 Å². The first-order valence-corrected chi connectivity index (χ1v) is 25.4. The lowest BCUT2D eigenvalue weighted by Crippen LogP contribution is -2.51. The second-order valence-corrected chi connectivity index (χ2v) is 19.1. The normalized spacial score (nSPS) is 15.1. The Bertz CT molecular complexity index is 1060. The van der Waals surface area contributed by atoms with Crippen LogP contribution in [0.4, 0.5) is 0 Å². The molecule has 0 aromatic carbocycles. The number of aliphatic hydroxyl groups is 2. The van der Waals surface area contributed by atoms with Crippen molar-refractivity contribution in [1.82, 2.24) is 5.32 Å². The minimum atomic E-state index is -4.43. The predicted molar refractivity (Wildman–Crippen MR) is 246 cm³/mol. The molecule has 0 saturated heterocycles. The third-order valence-corrected chi connectivity index (χ3v) is 11.8. The molecule has 0 spiro atoms. The summed E-state index contributed by atoms with van der Waals surface area (Å²) in [5.41, 5.74) is 0. The molecular formula is C48H94N2O7P+. The summed E-state index contributed by atoms with van der Waals surface area (Å²) in [6.45, 7) is 4.37. The van der Waals surface area contributed by atoms with Crippen molar-refractivity contribution in [2.24, 2.45) is 0 Å². The number of rotatable bonds is 43. The van der Waals surface area contributed by atoms with Crippen molar-refractivity contribution < 1.29 is 38.0 Å². The number of nitrogens with zero attached hydrogens (tertiary/aromatic N) is 1. The lowest BCUT2D eigenvalue weighted by Gasteiger charge is -2.28. The fourth-order valence-electron chi connectivity index (χ4n) is 6.95. The van der Waals surface area contributed by atoms with Crippen LogP contribution in [-0.4, -0.2) is 84.6 Å². The van der Waals surface area contributed by atoms with E-state index in [0.29, 0.717) is 23.9 Å². The van der Waals surface area contributed by atoms with Gasteiger partial charge in [0.15, 0.2) is 0 Å². The van der Waals surface area contributed by atoms with E-state index >= 15 is 0 Å². The van der Waals surface area contributed by atoms with Gasteiger partial charge in [0, 0.05) is 6.42 Å². The molecule has 0 aliphatic carbocycles. The Labute approximate surface area is 358 Å². The highest BCUT2D eigenvalue weighted by Gasteiger charge is 2.31. The van der Waals surface area contributed by atoms with E-state index in [-0.39, 0.29) is 18.9 Å². The average Bonchev–Trinajstić information content (AvgIpc) is 3.17. The van der Waals surface area contributed by atoms with Crippen LogP contribution in [0.25, 0.3) is 0 Å². The maximum absolute atomic E-state index is 12.9. The highest BCUT2D eigenvalue weighted by molar-refractivity contribution is 7.47. The summed E-state index contributed by atoms with van der Waals surface area (Å²) >= 11 is 0. The molecule has 9 nitrogen and oxygen atoms in total. The number of phosphoric acid groups is 1. The number of likely N-dealkylation sites (N-methyl/N-ethyl adjacent to an activating group) is 1. The molecule has 1 amide bonds. The van der Waals surface area contributed by atoms with Gasteiger partial charge < -0.3 is 24.9 Å². The van der Waals surface area contributed by atoms with Crippen molar-refractivity contribution >= 4 is 13.7 Å². The molecule has 0 aliphatic heterocycles. The molecule has 58 heavy (non-hydrogen) atoms. The van der Waals surface area contributed by atoms with Gasteiger partial charge in [-0.25, -0.2) is 4.57 Å². The fourth-order valence-corrected chi connectivity index (χ4v) is 7.68. The first-order chi connectivity index (χ1) is 27.9. The number of phosphoric ester groups is 1. The van der Waals surface area contributed by atoms with Gasteiger partial charge in [0.25, 0.3) is 0 Å². The molecular weight excluding hydrogens is 748 g/mol. The lowest BCUT2D eigenvalue weighted by atomic mass is 10.0. The SMILES string of the molecule is C/C=C/CC/C=C/CC/C=C/CCCC(O)C(O)C(COP(=O)(O)OCC[N+](C)(C)C)NC(=O)CCCCCCCCCCCCCCCCCCCCCCCC. The van der Waals surface area contributed by atoms with Crippen LogP contribution in [0.3, 0.4) is 0 Å². The molecule has 4 atom stereocenters. The molecule has 10 heteroatoms. The van der Waals surface area contributed by atoms with Gasteiger partial charge in [0.2, 0.25) is 5.91 Å². The molecule has 0 saturated carbocycles. The standard InChI is InChI=1S/C48H93N2O7P/c1-6-8-10-12-14-16-18-20-21-22-23-24-25-26-27-28-29-31-33-35-37-39-41-47(52)49-45(44-57-58(54,55)56-43-42-50(3,4)5)48(53)46(51)40-38-36-34-32-30-19-17-15-13-11-9-7-2/h7,9,15,17,32,34,45-46,48,51,53H,6,8,10-14,16,18-31,33,35-44H2,1-5H3,(H-,49,52,54,55)/p+1/b9-7+,17-15+,34-32+. The van der Waals surface area contributed by atoms with Gasteiger partial charge in [0.05, 0.1) is 39.9 Å². The monoisotopic (exact) mass is 842 g/mol. The zero-order valence-corrected chi connectivity index (χ0v) is 39.3. The fraction of sp³-hybridized carbons (Fsp3) is 0.854. The summed E-state index contributed by atoms with van der Waals surface area (Å²) in [7, 11) is 1.41. The Balaban J connectivity index is 4.36. The number of amides is 1. The summed E-state index contributed by atoms with van der Waals surface area (Å²) in [6.07, 6.45) is 45.2. The number of hydrogen-bond acceptors (Lipinski definition) is 6. The van der Waals surface area contributed by atoms with Gasteiger partial charge in [0.1, 0.15) is 19.3 Å². The molecule has 0 aliphatic rings. The molecule has 342 valence electrons. The van der Waals surface area contributed by atoms with Crippen molar-refractivity contribution in [3.63, 3.8) is 0 Å². The van der Waals surface area contributed by atoms with Gasteiger partial charge in [-0.3, -0.25) is 13.8 Å². The lowest BCUT2D eigenvalue weighted by molar-refractivity contribution is -0.870. The van der Waals surface area contributed by atoms with E-state index in [4.69, 9.17) is 9.05 Å². The first-order valence-electron chi connectivity index (χ1n) is 23.9. The summed E-state index contributed by atoms with van der Waals surface area (Å²) in [4.78, 5) is 23.2. The summed E-state index contributed by atoms with van der Waals surface area (Å²) < 4.78 is 23.5. The summed E-state index contributed by atoms with van der Waals surface area (Å²) in [6, 6.07) is -1.06. The topological polar surface area (TPSA) is 125 Å². The Morgan fingerprint density at radius 3 is 1.47 bits per heavy atom. The average molecular weight is 842 g/mol. The summed E-state index contributed by atoms with van der Waals surface area (Å²) in [5.74, 6) is -0.273. The van der Waals surface area contributed by atoms with Crippen LogP contribution in [-0.2, 0) is 18.4 Å². The maximum atomic E-state index is 12.9. The smallest absolute Gasteiger partial charge is 0.390 e. The summed E-state index contributed by atoms with van der Waals surface area (Å²) in [5, 5.41) is 24.6. The van der Waals surface area contributed by atoms with Crippen LogP contribution < -0.4 is 5.32 Å². The third kappa shape index (κ3) is 40.1. The number of quaternary nitrogens is 1. The molecule has 0 aromatic heterocycles. The quantitative estimate of drug-likeness (QED) is 0.0208. The zero-order chi connectivity index (χ0) is 43.0. The first kappa shape index (κ1) is 56.7. The van der Waals surface area contributed by atoms with Gasteiger partial charge in [-0.1, -0.05) is 178 Å². The van der Waals surface area contributed by atoms with Crippen LogP contribution in [0.15, 0.2) is 36.5 Å². The highest BCUT2D eigenvalue weighted by Crippen LogP contribution is 2.43. The molecule has 0 fully saturated rings. The van der Waals surface area contributed by atoms with Crippen molar-refractivity contribution in [1.29, 1.82) is 0 Å². The molecule has 0 radical (unpaired) electrons. The molecule has 4 N–H and O–H groups in total. The number of nitrogens with one attached hydrogen (secondary N) is 1. The molecule has 0 heterocycles. The van der Waals surface area contributed by atoms with Crippen molar-refractivity contribution in [2.75, 3.05) is 40.9 Å². The third-order valence-electron chi connectivity index (χ3n) is 10.8. The van der Waals surface area contributed by atoms with Crippen molar-refractivity contribution in [2.45, 2.75) is 225 Å². The number of hydrogen-bond donors (Lipinski definition) is 4. The molecule has 0 aromatic rings. The number of carbonyl (C=O) groups is 1. The highest BCUT2D eigenvalue weighted by atomic mass is 31.2. The Kier molecular flexibility index (Phi) is 38.9. The second kappa shape index (κ2) is 39.8. The van der Waals surface area contributed by atoms with Crippen molar-refractivity contribution in [3.8, 4) is 0 Å². The van der Waals surface area contributed by atoms with Gasteiger partial charge in [-0.2, -0.15) is 0 Å². The Morgan fingerprint density at radius 1 is 0.621 bits per heavy atom. The van der Waals surface area contributed by atoms with Gasteiger partial charge in [-0.15, -0.1) is 0 Å². The van der Waals surface area contributed by atoms with E-state index in [0.717, 1.165) is 51.4 Å². The molecule has 0 rings (SSSR count). The van der Waals surface area contributed by atoms with Crippen molar-refractivity contribution in [3.05, 3.63) is 36.5 Å². The minimum Gasteiger partial charge on any atom is -0.390 e. The largest absolute Gasteiger partial charge is 0.472 e. The van der Waals surface area contributed by atoms with Crippen LogP contribution in [0.1, 0.15) is 206 Å². The second-order valence-electron chi connectivity index (χ2n) is 17.6. The van der Waals surface area contributed by atoms with E-state index in [9.17, 15) is 24.5 Å². The van der Waals surface area contributed by atoms with E-state index in [2.05, 4.69) is 48.7 Å². The van der Waals surface area contributed by atoms with E-state index in [1.165, 1.54) is 122 Å². The number of carbonyl (C=O) groups excluding carboxylic acids is 1. The van der Waals surface area contributed by atoms with E-state index in [1.807, 2.05) is 28.1 Å². The zero-order valence-electron chi connectivity index (χ0n) is 38.4. The number of allylic oxidation sites excluding steroid dienone is 6. The van der Waals surface area contributed by atoms with E-state index in [1.54, 1.807) is 0 Å². The van der Waals surface area contributed by atoms with Crippen LogP contribution >= 0.6 is 7.82 Å².